The molecule has 0 aliphatic carbocycles. The van der Waals surface area contributed by atoms with Crippen LogP contribution in [0.15, 0.2) is 0 Å². The molecule has 15 heavy (non-hydrogen) atoms. The van der Waals surface area contributed by atoms with Crippen molar-refractivity contribution in [1.82, 2.24) is 4.90 Å². The van der Waals surface area contributed by atoms with Crippen LogP contribution in [0.2, 0.25) is 0 Å². The van der Waals surface area contributed by atoms with Crippen molar-refractivity contribution in [2.45, 2.75) is 45.2 Å². The molecule has 0 aromatic heterocycles. The van der Waals surface area contributed by atoms with Crippen molar-refractivity contribution in [3.63, 3.8) is 0 Å². The SMILES string of the molecule is CCCC(C(=O)O)N1CCC(N)C(C)C1. The maximum atomic E-state index is 11.1. The number of hydrogen-bond acceptors (Lipinski definition) is 3. The van der Waals surface area contributed by atoms with Crippen molar-refractivity contribution < 1.29 is 9.90 Å². The van der Waals surface area contributed by atoms with Crippen molar-refractivity contribution in [1.29, 1.82) is 0 Å². The summed E-state index contributed by atoms with van der Waals surface area (Å²) < 4.78 is 0. The third-order valence-corrected chi connectivity index (χ3v) is 3.29. The summed E-state index contributed by atoms with van der Waals surface area (Å²) in [6, 6.07) is -0.0812. The van der Waals surface area contributed by atoms with E-state index >= 15 is 0 Å². The van der Waals surface area contributed by atoms with Crippen LogP contribution in [0.3, 0.4) is 0 Å². The first-order chi connectivity index (χ1) is 7.06. The smallest absolute Gasteiger partial charge is 0.320 e. The molecule has 1 aliphatic heterocycles. The fourth-order valence-electron chi connectivity index (χ4n) is 2.21. The van der Waals surface area contributed by atoms with Crippen LogP contribution in [0.25, 0.3) is 0 Å². The molecule has 0 aromatic rings. The summed E-state index contributed by atoms with van der Waals surface area (Å²) >= 11 is 0. The Morgan fingerprint density at radius 1 is 1.67 bits per heavy atom. The third kappa shape index (κ3) is 3.18. The predicted octanol–water partition coefficient (Wildman–Crippen LogP) is 0.909. The zero-order valence-electron chi connectivity index (χ0n) is 9.65. The summed E-state index contributed by atoms with van der Waals surface area (Å²) in [6.45, 7) is 5.76. The number of likely N-dealkylation sites (tertiary alicyclic amines) is 1. The van der Waals surface area contributed by atoms with E-state index in [-0.39, 0.29) is 12.1 Å². The molecular formula is C11H22N2O2. The molecule has 3 unspecified atom stereocenters. The van der Waals surface area contributed by atoms with Crippen LogP contribution < -0.4 is 5.73 Å². The number of carboxylic acids is 1. The lowest BCUT2D eigenvalue weighted by molar-refractivity contribution is -0.144. The highest BCUT2D eigenvalue weighted by Gasteiger charge is 2.31. The van der Waals surface area contributed by atoms with E-state index in [1.54, 1.807) is 0 Å². The van der Waals surface area contributed by atoms with Gasteiger partial charge in [-0.25, -0.2) is 0 Å². The number of rotatable bonds is 4. The van der Waals surface area contributed by atoms with Gasteiger partial charge in [-0.3, -0.25) is 9.69 Å². The first kappa shape index (κ1) is 12.5. The van der Waals surface area contributed by atoms with Gasteiger partial charge in [0.1, 0.15) is 6.04 Å². The third-order valence-electron chi connectivity index (χ3n) is 3.29. The van der Waals surface area contributed by atoms with Gasteiger partial charge >= 0.3 is 5.97 Å². The monoisotopic (exact) mass is 214 g/mol. The Bertz CT molecular complexity index is 221. The summed E-state index contributed by atoms with van der Waals surface area (Å²) in [5.74, 6) is -0.294. The topological polar surface area (TPSA) is 66.6 Å². The van der Waals surface area contributed by atoms with Gasteiger partial charge in [0, 0.05) is 19.1 Å². The van der Waals surface area contributed by atoms with Gasteiger partial charge < -0.3 is 10.8 Å². The molecule has 0 saturated carbocycles. The maximum absolute atomic E-state index is 11.1. The molecule has 1 fully saturated rings. The summed E-state index contributed by atoms with van der Waals surface area (Å²) in [5, 5.41) is 9.14. The number of aliphatic carboxylic acids is 1. The van der Waals surface area contributed by atoms with Crippen molar-refractivity contribution >= 4 is 5.97 Å². The molecule has 1 heterocycles. The summed E-state index contributed by atoms with van der Waals surface area (Å²) in [4.78, 5) is 13.2. The van der Waals surface area contributed by atoms with Gasteiger partial charge in [-0.15, -0.1) is 0 Å². The second-order valence-electron chi connectivity index (χ2n) is 4.57. The fraction of sp³-hybridized carbons (Fsp3) is 0.909. The molecule has 1 rings (SSSR count). The number of piperidine rings is 1. The van der Waals surface area contributed by atoms with Gasteiger partial charge in [0.25, 0.3) is 0 Å². The van der Waals surface area contributed by atoms with Crippen LogP contribution in [0, 0.1) is 5.92 Å². The standard InChI is InChI=1S/C11H22N2O2/c1-3-4-10(11(14)15)13-6-5-9(12)8(2)7-13/h8-10H,3-7,12H2,1-2H3,(H,14,15). The van der Waals surface area contributed by atoms with Crippen molar-refractivity contribution in [2.75, 3.05) is 13.1 Å². The van der Waals surface area contributed by atoms with E-state index in [1.807, 2.05) is 6.92 Å². The first-order valence-corrected chi connectivity index (χ1v) is 5.78. The lowest BCUT2D eigenvalue weighted by Crippen LogP contribution is -2.52. The highest BCUT2D eigenvalue weighted by Crippen LogP contribution is 2.19. The van der Waals surface area contributed by atoms with Crippen molar-refractivity contribution in [3.05, 3.63) is 0 Å². The summed E-state index contributed by atoms with van der Waals surface area (Å²) in [5.41, 5.74) is 5.92. The molecule has 3 N–H and O–H groups in total. The molecule has 0 bridgehead atoms. The highest BCUT2D eigenvalue weighted by atomic mass is 16.4. The zero-order valence-corrected chi connectivity index (χ0v) is 9.65. The van der Waals surface area contributed by atoms with Gasteiger partial charge in [-0.05, 0) is 18.8 Å². The Labute approximate surface area is 91.4 Å². The Balaban J connectivity index is 2.57. The van der Waals surface area contributed by atoms with E-state index < -0.39 is 5.97 Å². The Morgan fingerprint density at radius 2 is 2.33 bits per heavy atom. The van der Waals surface area contributed by atoms with Gasteiger partial charge in [-0.2, -0.15) is 0 Å². The normalized spacial score (nSPS) is 30.1. The van der Waals surface area contributed by atoms with Crippen LogP contribution in [-0.2, 0) is 4.79 Å². The molecule has 88 valence electrons. The second-order valence-corrected chi connectivity index (χ2v) is 4.57. The molecule has 0 spiro atoms. The van der Waals surface area contributed by atoms with Gasteiger partial charge in [0.2, 0.25) is 0 Å². The molecule has 1 saturated heterocycles. The lowest BCUT2D eigenvalue weighted by atomic mass is 9.93. The average molecular weight is 214 g/mol. The predicted molar refractivity (Wildman–Crippen MR) is 59.7 cm³/mol. The number of carboxylic acid groups (broad SMARTS) is 1. The number of hydrogen-bond donors (Lipinski definition) is 2. The minimum atomic E-state index is -0.695. The van der Waals surface area contributed by atoms with E-state index in [0.29, 0.717) is 5.92 Å². The first-order valence-electron chi connectivity index (χ1n) is 5.78. The molecular weight excluding hydrogens is 192 g/mol. The Morgan fingerprint density at radius 3 is 2.80 bits per heavy atom. The molecule has 4 nitrogen and oxygen atoms in total. The lowest BCUT2D eigenvalue weighted by Gasteiger charge is -2.38. The highest BCUT2D eigenvalue weighted by molar-refractivity contribution is 5.73. The molecule has 0 radical (unpaired) electrons. The molecule has 0 aromatic carbocycles. The van der Waals surface area contributed by atoms with Crippen LogP contribution >= 0.6 is 0 Å². The molecule has 0 amide bonds. The number of carbonyl (C=O) groups is 1. The van der Waals surface area contributed by atoms with E-state index in [0.717, 1.165) is 32.4 Å². The average Bonchev–Trinajstić information content (AvgIpc) is 2.18. The minimum absolute atomic E-state index is 0.234. The van der Waals surface area contributed by atoms with Crippen LogP contribution in [0.1, 0.15) is 33.1 Å². The fourth-order valence-corrected chi connectivity index (χ4v) is 2.21. The van der Waals surface area contributed by atoms with Crippen LogP contribution in [0.4, 0.5) is 0 Å². The Hall–Kier alpha value is -0.610. The van der Waals surface area contributed by atoms with E-state index in [4.69, 9.17) is 10.8 Å². The van der Waals surface area contributed by atoms with E-state index in [1.165, 1.54) is 0 Å². The molecule has 1 aliphatic rings. The number of nitrogens with zero attached hydrogens (tertiary/aromatic N) is 1. The van der Waals surface area contributed by atoms with Gasteiger partial charge in [0.15, 0.2) is 0 Å². The molecule has 4 heteroatoms. The largest absolute Gasteiger partial charge is 0.480 e. The summed E-state index contributed by atoms with van der Waals surface area (Å²) in [6.07, 6.45) is 2.56. The zero-order chi connectivity index (χ0) is 11.4. The van der Waals surface area contributed by atoms with Gasteiger partial charge in [0.05, 0.1) is 0 Å². The van der Waals surface area contributed by atoms with Crippen LogP contribution in [0.5, 0.6) is 0 Å². The molecule has 3 atom stereocenters. The van der Waals surface area contributed by atoms with Crippen molar-refractivity contribution in [3.8, 4) is 0 Å². The van der Waals surface area contributed by atoms with Gasteiger partial charge in [-0.1, -0.05) is 20.3 Å². The number of nitrogens with two attached hydrogens (primary N) is 1. The minimum Gasteiger partial charge on any atom is -0.480 e. The van der Waals surface area contributed by atoms with E-state index in [2.05, 4.69) is 11.8 Å². The Kier molecular flexibility index (Phi) is 4.54. The van der Waals surface area contributed by atoms with E-state index in [9.17, 15) is 4.79 Å². The van der Waals surface area contributed by atoms with Crippen molar-refractivity contribution in [2.24, 2.45) is 11.7 Å². The van der Waals surface area contributed by atoms with Crippen LogP contribution in [-0.4, -0.2) is 41.1 Å². The second kappa shape index (κ2) is 5.47. The maximum Gasteiger partial charge on any atom is 0.320 e. The summed E-state index contributed by atoms with van der Waals surface area (Å²) in [7, 11) is 0. The quantitative estimate of drug-likeness (QED) is 0.730.